The summed E-state index contributed by atoms with van der Waals surface area (Å²) in [5.41, 5.74) is 6.87. The van der Waals surface area contributed by atoms with E-state index in [1.54, 1.807) is 47.6 Å². The van der Waals surface area contributed by atoms with E-state index in [-0.39, 0.29) is 42.3 Å². The predicted octanol–water partition coefficient (Wildman–Crippen LogP) is 3.24. The highest BCUT2D eigenvalue weighted by molar-refractivity contribution is 7.89. The van der Waals surface area contributed by atoms with Crippen LogP contribution < -0.4 is 10.6 Å². The van der Waals surface area contributed by atoms with E-state index in [0.717, 1.165) is 42.4 Å². The lowest BCUT2D eigenvalue weighted by Crippen LogP contribution is -2.60. The number of halogens is 2. The second-order valence-corrected chi connectivity index (χ2v) is 11.6. The Labute approximate surface area is 228 Å². The Morgan fingerprint density at radius 1 is 1.00 bits per heavy atom. The minimum absolute atomic E-state index is 0. The highest BCUT2D eigenvalue weighted by atomic mass is 35.5. The predicted molar refractivity (Wildman–Crippen MR) is 148 cm³/mol. The number of sulfonamides is 1. The van der Waals surface area contributed by atoms with Crippen LogP contribution in [-0.2, 0) is 14.8 Å². The number of benzene rings is 2. The van der Waals surface area contributed by atoms with Crippen LogP contribution in [0.25, 0.3) is 10.8 Å². The highest BCUT2D eigenvalue weighted by Crippen LogP contribution is 2.27. The van der Waals surface area contributed by atoms with Crippen LogP contribution in [-0.4, -0.2) is 79.4 Å². The van der Waals surface area contributed by atoms with Gasteiger partial charge in [0.05, 0.1) is 18.0 Å². The third-order valence-corrected chi connectivity index (χ3v) is 9.15. The Bertz CT molecular complexity index is 1400. The zero-order chi connectivity index (χ0) is 25.4. The molecule has 2 saturated heterocycles. The van der Waals surface area contributed by atoms with Crippen molar-refractivity contribution >= 4 is 62.2 Å². The lowest BCUT2D eigenvalue weighted by molar-refractivity contribution is -0.156. The second kappa shape index (κ2) is 11.0. The number of amides is 1. The maximum Gasteiger partial charge on any atom is 0.252 e. The van der Waals surface area contributed by atoms with Crippen LogP contribution in [0.1, 0.15) is 12.8 Å². The molecule has 12 heteroatoms. The molecule has 2 aliphatic heterocycles. The molecule has 9 nitrogen and oxygen atoms in total. The fourth-order valence-electron chi connectivity index (χ4n) is 5.01. The molecule has 3 aromatic rings. The first-order valence-corrected chi connectivity index (χ1v) is 13.7. The normalized spacial score (nSPS) is 17.9. The number of anilines is 2. The smallest absolute Gasteiger partial charge is 0.252 e. The summed E-state index contributed by atoms with van der Waals surface area (Å²) in [6.07, 6.45) is 3.47. The van der Waals surface area contributed by atoms with Crippen molar-refractivity contribution < 1.29 is 13.2 Å². The Kier molecular flexibility index (Phi) is 8.15. The number of nitrogens with two attached hydrogens (primary N) is 1. The summed E-state index contributed by atoms with van der Waals surface area (Å²) in [7, 11) is -1.88. The monoisotopic (exact) mass is 564 g/mol. The van der Waals surface area contributed by atoms with Gasteiger partial charge < -0.3 is 10.6 Å². The van der Waals surface area contributed by atoms with Gasteiger partial charge in [-0.05, 0) is 53.9 Å². The number of aromatic nitrogens is 1. The quantitative estimate of drug-likeness (QED) is 0.507. The maximum absolute atomic E-state index is 13.3. The number of piperidine rings is 1. The first kappa shape index (κ1) is 27.4. The number of fused-ring (bicyclic) bond motifs is 1. The Balaban J connectivity index is 0.00000320. The number of nitrogen functional groups attached to an aromatic ring is 1. The fraction of sp³-hybridized carbons (Fsp3) is 0.360. The number of hydrazine groups is 1. The zero-order valence-electron chi connectivity index (χ0n) is 20.5. The van der Waals surface area contributed by atoms with Gasteiger partial charge >= 0.3 is 0 Å². The number of carbonyl (C=O) groups is 1. The maximum atomic E-state index is 13.3. The molecular weight excluding hydrogens is 535 g/mol. The molecule has 2 fully saturated rings. The molecule has 1 aromatic heterocycles. The molecule has 198 valence electrons. The third kappa shape index (κ3) is 5.63. The molecule has 2 aliphatic rings. The molecule has 5 rings (SSSR count). The van der Waals surface area contributed by atoms with E-state index in [1.807, 2.05) is 24.2 Å². The molecule has 0 unspecified atom stereocenters. The topological polar surface area (TPSA) is 103 Å². The molecule has 2 N–H and O–H groups in total. The van der Waals surface area contributed by atoms with Crippen LogP contribution >= 0.6 is 24.0 Å². The summed E-state index contributed by atoms with van der Waals surface area (Å²) in [6.45, 7) is 2.06. The fourth-order valence-corrected chi connectivity index (χ4v) is 6.61. The Hall–Kier alpha value is -2.63. The molecule has 0 radical (unpaired) electrons. The third-order valence-electron chi connectivity index (χ3n) is 7.08. The van der Waals surface area contributed by atoms with Crippen molar-refractivity contribution in [1.29, 1.82) is 0 Å². The van der Waals surface area contributed by atoms with E-state index in [4.69, 9.17) is 17.3 Å². The molecule has 3 heterocycles. The molecule has 0 bridgehead atoms. The standard InChI is InChI=1S/C25H29ClN6O3S.ClH/c1-29(21-7-10-30(11-8-21)22-6-9-28-24(27)16-22)32-13-12-31(17-25(32)33)36(34,35)23-5-3-18-14-20(26)4-2-19(18)15-23;/h2-6,9,14-16,21H,7-8,10-13,17H2,1H3,(H2,27,28);1H. The van der Waals surface area contributed by atoms with E-state index in [2.05, 4.69) is 9.88 Å². The molecule has 0 saturated carbocycles. The van der Waals surface area contributed by atoms with Gasteiger partial charge in [-0.1, -0.05) is 23.7 Å². The minimum atomic E-state index is -3.80. The molecule has 0 spiro atoms. The summed E-state index contributed by atoms with van der Waals surface area (Å²) in [5, 5.41) is 5.92. The van der Waals surface area contributed by atoms with Crippen LogP contribution in [0.15, 0.2) is 59.6 Å². The summed E-state index contributed by atoms with van der Waals surface area (Å²) in [5.74, 6) is 0.280. The van der Waals surface area contributed by atoms with Crippen molar-refractivity contribution in [3.8, 4) is 0 Å². The molecule has 0 aliphatic carbocycles. The van der Waals surface area contributed by atoms with Crippen LogP contribution in [0.5, 0.6) is 0 Å². The van der Waals surface area contributed by atoms with Gasteiger partial charge in [-0.2, -0.15) is 4.31 Å². The van der Waals surface area contributed by atoms with Crippen LogP contribution in [0, 0.1) is 0 Å². The average molecular weight is 566 g/mol. The first-order valence-electron chi connectivity index (χ1n) is 11.9. The lowest BCUT2D eigenvalue weighted by Gasteiger charge is -2.45. The van der Waals surface area contributed by atoms with Crippen LogP contribution in [0.4, 0.5) is 11.5 Å². The van der Waals surface area contributed by atoms with Gasteiger partial charge in [-0.25, -0.2) is 18.4 Å². The summed E-state index contributed by atoms with van der Waals surface area (Å²) in [6, 6.07) is 14.3. The number of carbonyl (C=O) groups excluding carboxylic acids is 1. The SMILES string of the molecule is CN(C1CCN(c2ccnc(N)c2)CC1)N1CCN(S(=O)(=O)c2ccc3cc(Cl)ccc3c2)CC1=O.Cl. The van der Waals surface area contributed by atoms with Crippen LogP contribution in [0.2, 0.25) is 5.02 Å². The Morgan fingerprint density at radius 3 is 2.41 bits per heavy atom. The van der Waals surface area contributed by atoms with Crippen LogP contribution in [0.3, 0.4) is 0 Å². The van der Waals surface area contributed by atoms with Gasteiger partial charge in [-0.15, -0.1) is 12.4 Å². The second-order valence-electron chi connectivity index (χ2n) is 9.24. The van der Waals surface area contributed by atoms with Crippen molar-refractivity contribution in [3.05, 3.63) is 59.8 Å². The van der Waals surface area contributed by atoms with Crippen molar-refractivity contribution in [2.45, 2.75) is 23.8 Å². The summed E-state index contributed by atoms with van der Waals surface area (Å²) in [4.78, 5) is 19.6. The van der Waals surface area contributed by atoms with Crippen molar-refractivity contribution in [2.24, 2.45) is 0 Å². The van der Waals surface area contributed by atoms with E-state index in [0.29, 0.717) is 17.4 Å². The number of rotatable bonds is 5. The van der Waals surface area contributed by atoms with Gasteiger partial charge in [-0.3, -0.25) is 9.80 Å². The number of pyridine rings is 1. The first-order chi connectivity index (χ1) is 17.2. The van der Waals surface area contributed by atoms with Crippen molar-refractivity contribution in [3.63, 3.8) is 0 Å². The number of nitrogens with zero attached hydrogens (tertiary/aromatic N) is 5. The minimum Gasteiger partial charge on any atom is -0.384 e. The number of hydrogen-bond acceptors (Lipinski definition) is 7. The Morgan fingerprint density at radius 2 is 1.70 bits per heavy atom. The van der Waals surface area contributed by atoms with Gasteiger partial charge in [0, 0.05) is 55.7 Å². The van der Waals surface area contributed by atoms with Crippen molar-refractivity contribution in [2.75, 3.05) is 50.4 Å². The highest BCUT2D eigenvalue weighted by Gasteiger charge is 2.36. The summed E-state index contributed by atoms with van der Waals surface area (Å²) < 4.78 is 27.9. The summed E-state index contributed by atoms with van der Waals surface area (Å²) >= 11 is 6.04. The van der Waals surface area contributed by atoms with Gasteiger partial charge in [0.25, 0.3) is 5.91 Å². The van der Waals surface area contributed by atoms with E-state index in [1.165, 1.54) is 4.31 Å². The van der Waals surface area contributed by atoms with Crippen molar-refractivity contribution in [1.82, 2.24) is 19.3 Å². The lowest BCUT2D eigenvalue weighted by atomic mass is 10.0. The number of piperazine rings is 1. The molecular formula is C25H30Cl2N6O3S. The average Bonchev–Trinajstić information content (AvgIpc) is 2.88. The van der Waals surface area contributed by atoms with E-state index < -0.39 is 10.0 Å². The van der Waals surface area contributed by atoms with E-state index in [9.17, 15) is 13.2 Å². The van der Waals surface area contributed by atoms with Gasteiger partial charge in [0.1, 0.15) is 5.82 Å². The molecule has 0 atom stereocenters. The van der Waals surface area contributed by atoms with E-state index >= 15 is 0 Å². The molecule has 2 aromatic carbocycles. The zero-order valence-corrected chi connectivity index (χ0v) is 22.8. The van der Waals surface area contributed by atoms with Gasteiger partial charge in [0.2, 0.25) is 10.0 Å². The largest absolute Gasteiger partial charge is 0.384 e. The molecule has 37 heavy (non-hydrogen) atoms. The number of hydrogen-bond donors (Lipinski definition) is 1. The van der Waals surface area contributed by atoms with Gasteiger partial charge in [0.15, 0.2) is 0 Å². The molecule has 1 amide bonds.